The number of hydrogen-bond donors (Lipinski definition) is 3. The first-order chi connectivity index (χ1) is 13.5. The topological polar surface area (TPSA) is 114 Å². The second kappa shape index (κ2) is 8.90. The minimum Gasteiger partial charge on any atom is -0.494 e. The monoisotopic (exact) mass is 384 g/mol. The fraction of sp³-hybridized carbons (Fsp3) is 0.250. The Balaban J connectivity index is 1.49. The maximum absolute atomic E-state index is 12.3. The summed E-state index contributed by atoms with van der Waals surface area (Å²) in [6.07, 6.45) is 0.519. The Morgan fingerprint density at radius 3 is 2.71 bits per heavy atom. The molecule has 2 aromatic carbocycles. The highest BCUT2D eigenvalue weighted by Gasteiger charge is 2.17. The van der Waals surface area contributed by atoms with Crippen LogP contribution in [0.2, 0.25) is 0 Å². The molecule has 0 unspecified atom stereocenters. The van der Waals surface area contributed by atoms with Crippen molar-refractivity contribution < 1.29 is 29.0 Å². The molecule has 0 bridgehead atoms. The minimum absolute atomic E-state index is 0.0667. The van der Waals surface area contributed by atoms with Gasteiger partial charge in [-0.2, -0.15) is 0 Å². The predicted octanol–water partition coefficient (Wildman–Crippen LogP) is 2.19. The minimum atomic E-state index is -0.843. The van der Waals surface area contributed by atoms with Crippen molar-refractivity contribution in [2.45, 2.75) is 19.4 Å². The fourth-order valence-electron chi connectivity index (χ4n) is 2.62. The van der Waals surface area contributed by atoms with Gasteiger partial charge in [0.15, 0.2) is 6.61 Å². The number of amides is 2. The van der Waals surface area contributed by atoms with Crippen LogP contribution in [-0.4, -0.2) is 36.1 Å². The van der Waals surface area contributed by atoms with E-state index in [1.807, 2.05) is 12.1 Å². The van der Waals surface area contributed by atoms with Crippen molar-refractivity contribution in [1.29, 1.82) is 0 Å². The number of hydrogen-bond acceptors (Lipinski definition) is 5. The molecule has 3 rings (SSSR count). The zero-order valence-corrected chi connectivity index (χ0v) is 15.1. The first-order valence-corrected chi connectivity index (χ1v) is 8.80. The average Bonchev–Trinajstić information content (AvgIpc) is 2.69. The highest BCUT2D eigenvalue weighted by Crippen LogP contribution is 2.28. The van der Waals surface area contributed by atoms with Crippen LogP contribution in [-0.2, 0) is 16.1 Å². The van der Waals surface area contributed by atoms with Crippen LogP contribution in [0.15, 0.2) is 42.5 Å². The third-order valence-electron chi connectivity index (χ3n) is 4.06. The third-order valence-corrected chi connectivity index (χ3v) is 4.06. The van der Waals surface area contributed by atoms with Gasteiger partial charge in [-0.05, 0) is 42.3 Å². The molecule has 1 aliphatic heterocycles. The third kappa shape index (κ3) is 5.23. The average molecular weight is 384 g/mol. The molecular formula is C20H20N2O6. The number of fused-ring (bicyclic) bond motifs is 1. The molecule has 28 heavy (non-hydrogen) atoms. The van der Waals surface area contributed by atoms with Crippen LogP contribution < -0.4 is 20.1 Å². The van der Waals surface area contributed by atoms with Gasteiger partial charge in [0.05, 0.1) is 12.3 Å². The van der Waals surface area contributed by atoms with Gasteiger partial charge in [-0.1, -0.05) is 12.1 Å². The number of carbonyl (C=O) groups is 3. The van der Waals surface area contributed by atoms with Crippen molar-refractivity contribution in [2.75, 3.05) is 18.5 Å². The summed E-state index contributed by atoms with van der Waals surface area (Å²) in [7, 11) is 0. The quantitative estimate of drug-likeness (QED) is 0.601. The molecule has 0 saturated heterocycles. The molecule has 0 radical (unpaired) electrons. The lowest BCUT2D eigenvalue weighted by Crippen LogP contribution is -2.26. The van der Waals surface area contributed by atoms with Crippen molar-refractivity contribution in [3.05, 3.63) is 53.6 Å². The Morgan fingerprint density at radius 2 is 1.96 bits per heavy atom. The lowest BCUT2D eigenvalue weighted by molar-refractivity contribution is -0.137. The molecule has 2 aromatic rings. The Kier molecular flexibility index (Phi) is 6.11. The van der Waals surface area contributed by atoms with Crippen molar-refractivity contribution in [2.24, 2.45) is 0 Å². The molecule has 0 fully saturated rings. The van der Waals surface area contributed by atoms with Gasteiger partial charge in [0.25, 0.3) is 11.8 Å². The number of benzene rings is 2. The molecule has 146 valence electrons. The van der Waals surface area contributed by atoms with Gasteiger partial charge in [0.1, 0.15) is 11.5 Å². The summed E-state index contributed by atoms with van der Waals surface area (Å²) in [6, 6.07) is 12.1. The molecule has 0 atom stereocenters. The SMILES string of the molecule is O=C(O)CCCOc1ccc(CNC(=O)c2ccc3c(c2)OCC(=O)N3)cc1. The van der Waals surface area contributed by atoms with E-state index in [4.69, 9.17) is 14.6 Å². The molecule has 1 aliphatic rings. The second-order valence-corrected chi connectivity index (χ2v) is 6.22. The van der Waals surface area contributed by atoms with Crippen LogP contribution in [0, 0.1) is 0 Å². The number of carbonyl (C=O) groups excluding carboxylic acids is 2. The lowest BCUT2D eigenvalue weighted by Gasteiger charge is -2.18. The van der Waals surface area contributed by atoms with Crippen molar-refractivity contribution >= 4 is 23.5 Å². The van der Waals surface area contributed by atoms with E-state index in [9.17, 15) is 14.4 Å². The van der Waals surface area contributed by atoms with Crippen LogP contribution in [0.4, 0.5) is 5.69 Å². The number of nitrogens with one attached hydrogen (secondary N) is 2. The summed E-state index contributed by atoms with van der Waals surface area (Å²) in [5.74, 6) is -0.202. The largest absolute Gasteiger partial charge is 0.494 e. The highest BCUT2D eigenvalue weighted by molar-refractivity contribution is 5.98. The maximum Gasteiger partial charge on any atom is 0.303 e. The zero-order valence-electron chi connectivity index (χ0n) is 15.1. The van der Waals surface area contributed by atoms with E-state index in [1.54, 1.807) is 30.3 Å². The van der Waals surface area contributed by atoms with E-state index in [0.29, 0.717) is 42.3 Å². The molecule has 2 amide bonds. The second-order valence-electron chi connectivity index (χ2n) is 6.22. The highest BCUT2D eigenvalue weighted by atomic mass is 16.5. The lowest BCUT2D eigenvalue weighted by atomic mass is 10.1. The number of anilines is 1. The van der Waals surface area contributed by atoms with E-state index in [2.05, 4.69) is 10.6 Å². The van der Waals surface area contributed by atoms with E-state index in [0.717, 1.165) is 5.56 Å². The number of aliphatic carboxylic acids is 1. The molecular weight excluding hydrogens is 364 g/mol. The number of ether oxygens (including phenoxy) is 2. The van der Waals surface area contributed by atoms with Crippen LogP contribution in [0.25, 0.3) is 0 Å². The van der Waals surface area contributed by atoms with Crippen LogP contribution in [0.3, 0.4) is 0 Å². The van der Waals surface area contributed by atoms with Crippen molar-refractivity contribution in [3.8, 4) is 11.5 Å². The standard InChI is InChI=1S/C20H20N2O6/c23-18-12-28-17-10-14(5-8-16(17)22-18)20(26)21-11-13-3-6-15(7-4-13)27-9-1-2-19(24)25/h3-8,10H,1-2,9,11-12H2,(H,21,26)(H,22,23)(H,24,25). The van der Waals surface area contributed by atoms with E-state index < -0.39 is 5.97 Å². The van der Waals surface area contributed by atoms with Gasteiger partial charge in [0, 0.05) is 18.5 Å². The van der Waals surface area contributed by atoms with Gasteiger partial charge < -0.3 is 25.2 Å². The van der Waals surface area contributed by atoms with E-state index in [1.165, 1.54) is 0 Å². The summed E-state index contributed by atoms with van der Waals surface area (Å²) in [4.78, 5) is 34.1. The van der Waals surface area contributed by atoms with Gasteiger partial charge in [-0.3, -0.25) is 14.4 Å². The molecule has 8 heteroatoms. The molecule has 0 saturated carbocycles. The van der Waals surface area contributed by atoms with Crippen molar-refractivity contribution in [1.82, 2.24) is 5.32 Å². The predicted molar refractivity (Wildman–Crippen MR) is 101 cm³/mol. The molecule has 0 aromatic heterocycles. The Hall–Kier alpha value is -3.55. The van der Waals surface area contributed by atoms with Gasteiger partial charge >= 0.3 is 5.97 Å². The van der Waals surface area contributed by atoms with Gasteiger partial charge in [-0.15, -0.1) is 0 Å². The summed E-state index contributed by atoms with van der Waals surface area (Å²) in [5.41, 5.74) is 1.88. The van der Waals surface area contributed by atoms with Crippen LogP contribution in [0.1, 0.15) is 28.8 Å². The molecule has 8 nitrogen and oxygen atoms in total. The number of carboxylic acid groups (broad SMARTS) is 1. The Labute approximate surface area is 161 Å². The summed E-state index contributed by atoms with van der Waals surface area (Å²) < 4.78 is 10.8. The van der Waals surface area contributed by atoms with Crippen LogP contribution >= 0.6 is 0 Å². The maximum atomic E-state index is 12.3. The summed E-state index contributed by atoms with van der Waals surface area (Å²) in [6.45, 7) is 0.610. The first-order valence-electron chi connectivity index (χ1n) is 8.80. The smallest absolute Gasteiger partial charge is 0.303 e. The van der Waals surface area contributed by atoms with Gasteiger partial charge in [-0.25, -0.2) is 0 Å². The number of carboxylic acids is 1. The molecule has 3 N–H and O–H groups in total. The molecule has 1 heterocycles. The summed E-state index contributed by atoms with van der Waals surface area (Å²) in [5, 5.41) is 14.1. The van der Waals surface area contributed by atoms with E-state index in [-0.39, 0.29) is 24.8 Å². The first kappa shape index (κ1) is 19.2. The van der Waals surface area contributed by atoms with Gasteiger partial charge in [0.2, 0.25) is 0 Å². The van der Waals surface area contributed by atoms with Crippen molar-refractivity contribution in [3.63, 3.8) is 0 Å². The summed E-state index contributed by atoms with van der Waals surface area (Å²) >= 11 is 0. The number of rotatable bonds is 8. The zero-order chi connectivity index (χ0) is 19.9. The Bertz CT molecular complexity index is 879. The van der Waals surface area contributed by atoms with E-state index >= 15 is 0 Å². The molecule has 0 spiro atoms. The van der Waals surface area contributed by atoms with Crippen LogP contribution in [0.5, 0.6) is 11.5 Å². The molecule has 0 aliphatic carbocycles. The normalized spacial score (nSPS) is 12.4. The Morgan fingerprint density at radius 1 is 1.18 bits per heavy atom. The fourth-order valence-corrected chi connectivity index (χ4v) is 2.62.